The molecule has 26 heavy (non-hydrogen) atoms. The molecule has 2 fully saturated rings. The lowest BCUT2D eigenvalue weighted by Crippen LogP contribution is -2.45. The molecule has 2 aliphatic rings. The number of nitrogens with zero attached hydrogens (tertiary/aromatic N) is 3. The molecular formula is C19H38N6O. The molecule has 0 amide bonds. The van der Waals surface area contributed by atoms with Crippen LogP contribution in [0, 0.1) is 16.2 Å². The number of aliphatic imine (C=N–C) groups is 1. The van der Waals surface area contributed by atoms with E-state index >= 15 is 0 Å². The van der Waals surface area contributed by atoms with Gasteiger partial charge in [-0.1, -0.05) is 13.3 Å². The van der Waals surface area contributed by atoms with Crippen LogP contribution in [0.5, 0.6) is 0 Å². The molecule has 2 rings (SSSR count). The summed E-state index contributed by atoms with van der Waals surface area (Å²) in [4.78, 5) is 8.39. The Bertz CT molecular complexity index is 457. The van der Waals surface area contributed by atoms with Crippen molar-refractivity contribution in [1.82, 2.24) is 9.80 Å². The minimum atomic E-state index is -0.0538. The molecule has 0 aromatic carbocycles. The van der Waals surface area contributed by atoms with E-state index in [-0.39, 0.29) is 11.4 Å². The second-order valence-electron chi connectivity index (χ2n) is 8.22. The van der Waals surface area contributed by atoms with Gasteiger partial charge >= 0.3 is 6.02 Å². The molecule has 0 spiro atoms. The average Bonchev–Trinajstić information content (AvgIpc) is 3.44. The Hall–Kier alpha value is -1.02. The van der Waals surface area contributed by atoms with Crippen molar-refractivity contribution < 1.29 is 4.74 Å². The van der Waals surface area contributed by atoms with Crippen LogP contribution in [0.15, 0.2) is 4.99 Å². The fourth-order valence-corrected chi connectivity index (χ4v) is 4.10. The molecule has 1 saturated heterocycles. The zero-order valence-corrected chi connectivity index (χ0v) is 16.5. The van der Waals surface area contributed by atoms with E-state index in [0.717, 1.165) is 32.7 Å². The Kier molecular flexibility index (Phi) is 8.01. The maximum atomic E-state index is 7.48. The summed E-state index contributed by atoms with van der Waals surface area (Å²) in [6, 6.07) is -0.0538. The van der Waals surface area contributed by atoms with Gasteiger partial charge in [0, 0.05) is 31.7 Å². The predicted molar refractivity (Wildman–Crippen MR) is 108 cm³/mol. The minimum Gasteiger partial charge on any atom is -0.463 e. The second-order valence-corrected chi connectivity index (χ2v) is 8.22. The van der Waals surface area contributed by atoms with Crippen molar-refractivity contribution in [2.24, 2.45) is 27.3 Å². The largest absolute Gasteiger partial charge is 0.463 e. The average molecular weight is 367 g/mol. The lowest BCUT2D eigenvalue weighted by molar-refractivity contribution is 0.0585. The number of nitrogens with one attached hydrogen (secondary N) is 1. The predicted octanol–water partition coefficient (Wildman–Crippen LogP) is 1.48. The number of hydrogen-bond acceptors (Lipinski definition) is 6. The first kappa shape index (κ1) is 21.3. The van der Waals surface area contributed by atoms with Crippen LogP contribution >= 0.6 is 0 Å². The van der Waals surface area contributed by atoms with Crippen LogP contribution in [0.1, 0.15) is 45.4 Å². The molecule has 0 aromatic rings. The fraction of sp³-hybridized carbons (Fsp3) is 0.895. The van der Waals surface area contributed by atoms with Crippen LogP contribution in [-0.2, 0) is 4.74 Å². The van der Waals surface area contributed by atoms with Crippen LogP contribution in [0.3, 0.4) is 0 Å². The van der Waals surface area contributed by atoms with Gasteiger partial charge in [0.1, 0.15) is 0 Å². The van der Waals surface area contributed by atoms with Gasteiger partial charge in [-0.05, 0) is 63.9 Å². The summed E-state index contributed by atoms with van der Waals surface area (Å²) in [7, 11) is 0. The van der Waals surface area contributed by atoms with E-state index in [1.807, 2.05) is 0 Å². The molecule has 1 aliphatic heterocycles. The first-order valence-corrected chi connectivity index (χ1v) is 10.0. The van der Waals surface area contributed by atoms with Crippen LogP contribution in [0.25, 0.3) is 0 Å². The molecule has 0 atom stereocenters. The maximum Gasteiger partial charge on any atom is 0.308 e. The number of ether oxygens (including phenoxy) is 1. The molecule has 1 saturated carbocycles. The lowest BCUT2D eigenvalue weighted by Gasteiger charge is -2.43. The zero-order valence-electron chi connectivity index (χ0n) is 16.5. The Morgan fingerprint density at radius 2 is 1.88 bits per heavy atom. The van der Waals surface area contributed by atoms with Crippen LogP contribution in [-0.4, -0.2) is 75.1 Å². The highest BCUT2D eigenvalue weighted by Crippen LogP contribution is 2.48. The van der Waals surface area contributed by atoms with E-state index in [1.165, 1.54) is 38.5 Å². The van der Waals surface area contributed by atoms with Gasteiger partial charge in [-0.25, -0.2) is 10.4 Å². The molecule has 1 aliphatic carbocycles. The summed E-state index contributed by atoms with van der Waals surface area (Å²) >= 11 is 0. The van der Waals surface area contributed by atoms with Crippen LogP contribution in [0.2, 0.25) is 0 Å². The molecule has 0 bridgehead atoms. The summed E-state index contributed by atoms with van der Waals surface area (Å²) < 4.78 is 5.42. The van der Waals surface area contributed by atoms with E-state index in [9.17, 15) is 0 Å². The quantitative estimate of drug-likeness (QED) is 0.292. The molecule has 150 valence electrons. The number of amidine groups is 1. The Morgan fingerprint density at radius 3 is 2.38 bits per heavy atom. The summed E-state index contributed by atoms with van der Waals surface area (Å²) in [6.07, 6.45) is 7.34. The third-order valence-electron chi connectivity index (χ3n) is 6.50. The van der Waals surface area contributed by atoms with Gasteiger partial charge in [-0.3, -0.25) is 4.90 Å². The first-order chi connectivity index (χ1) is 12.5. The number of rotatable bonds is 11. The second kappa shape index (κ2) is 9.78. The monoisotopic (exact) mass is 366 g/mol. The van der Waals surface area contributed by atoms with Gasteiger partial charge in [0.05, 0.1) is 6.61 Å². The Balaban J connectivity index is 1.77. The van der Waals surface area contributed by atoms with E-state index in [4.69, 9.17) is 21.6 Å². The van der Waals surface area contributed by atoms with Crippen molar-refractivity contribution in [3.05, 3.63) is 0 Å². The first-order valence-electron chi connectivity index (χ1n) is 10.0. The number of hydrogen-bond donors (Lipinski definition) is 3. The third-order valence-corrected chi connectivity index (χ3v) is 6.50. The molecule has 0 unspecified atom stereocenters. The highest BCUT2D eigenvalue weighted by atomic mass is 16.5. The van der Waals surface area contributed by atoms with E-state index in [2.05, 4.69) is 28.4 Å². The molecule has 7 nitrogen and oxygen atoms in total. The van der Waals surface area contributed by atoms with Gasteiger partial charge < -0.3 is 21.1 Å². The standard InChI is InChI=1S/C19H38N6O/c1-3-18(8-12-25(16-21)13-9-20)6-10-24(11-7-18)14-19(4-5-19)15-26-17(22)23-2/h22H,2-16,20-21H2,1H3. The lowest BCUT2D eigenvalue weighted by atomic mass is 9.73. The van der Waals surface area contributed by atoms with Crippen molar-refractivity contribution in [3.63, 3.8) is 0 Å². The molecule has 0 radical (unpaired) electrons. The highest BCUT2D eigenvalue weighted by molar-refractivity contribution is 5.75. The van der Waals surface area contributed by atoms with Gasteiger partial charge in [0.15, 0.2) is 0 Å². The SMILES string of the molecule is C=NC(=N)OCC1(CN2CCC(CC)(CCN(CN)CCN)CC2)CC1. The van der Waals surface area contributed by atoms with Gasteiger partial charge in [0.2, 0.25) is 0 Å². The minimum absolute atomic E-state index is 0.0538. The Morgan fingerprint density at radius 1 is 1.19 bits per heavy atom. The van der Waals surface area contributed by atoms with E-state index in [1.54, 1.807) is 0 Å². The number of nitrogens with two attached hydrogens (primary N) is 2. The van der Waals surface area contributed by atoms with Crippen molar-refractivity contribution in [3.8, 4) is 0 Å². The molecule has 0 aromatic heterocycles. The summed E-state index contributed by atoms with van der Waals surface area (Å²) in [6.45, 7) is 12.9. The van der Waals surface area contributed by atoms with E-state index < -0.39 is 0 Å². The fourth-order valence-electron chi connectivity index (χ4n) is 4.10. The van der Waals surface area contributed by atoms with E-state index in [0.29, 0.717) is 25.2 Å². The van der Waals surface area contributed by atoms with Gasteiger partial charge in [-0.2, -0.15) is 0 Å². The normalized spacial score (nSPS) is 21.5. The van der Waals surface area contributed by atoms with Gasteiger partial charge in [0.25, 0.3) is 0 Å². The Labute approximate surface area is 158 Å². The van der Waals surface area contributed by atoms with Crippen molar-refractivity contribution >= 4 is 12.7 Å². The third kappa shape index (κ3) is 6.01. The summed E-state index contributed by atoms with van der Waals surface area (Å²) in [5.74, 6) is 0. The summed E-state index contributed by atoms with van der Waals surface area (Å²) in [5.41, 5.74) is 12.2. The topological polar surface area (TPSA) is 104 Å². The van der Waals surface area contributed by atoms with Crippen LogP contribution in [0.4, 0.5) is 0 Å². The molecule has 7 heteroatoms. The van der Waals surface area contributed by atoms with Crippen molar-refractivity contribution in [2.75, 3.05) is 52.5 Å². The smallest absolute Gasteiger partial charge is 0.308 e. The number of piperidine rings is 1. The zero-order chi connectivity index (χ0) is 19.0. The van der Waals surface area contributed by atoms with Crippen molar-refractivity contribution in [2.45, 2.75) is 45.4 Å². The summed E-state index contributed by atoms with van der Waals surface area (Å²) in [5, 5.41) is 7.48. The van der Waals surface area contributed by atoms with Gasteiger partial charge in [-0.15, -0.1) is 0 Å². The highest BCUT2D eigenvalue weighted by Gasteiger charge is 2.46. The van der Waals surface area contributed by atoms with Crippen LogP contribution < -0.4 is 11.5 Å². The maximum absolute atomic E-state index is 7.48. The number of likely N-dealkylation sites (tertiary alicyclic amines) is 1. The molecular weight excluding hydrogens is 328 g/mol. The van der Waals surface area contributed by atoms with Crippen molar-refractivity contribution in [1.29, 1.82) is 5.41 Å². The molecule has 5 N–H and O–H groups in total. The molecule has 1 heterocycles.